The summed E-state index contributed by atoms with van der Waals surface area (Å²) in [6, 6.07) is 4.40. The van der Waals surface area contributed by atoms with E-state index in [-0.39, 0.29) is 17.8 Å². The summed E-state index contributed by atoms with van der Waals surface area (Å²) in [4.78, 5) is 12.3. The monoisotopic (exact) mass is 389 g/mol. The molecule has 9 heteroatoms. The lowest BCUT2D eigenvalue weighted by molar-refractivity contribution is -0.118. The third kappa shape index (κ3) is 4.18. The van der Waals surface area contributed by atoms with Gasteiger partial charge in [-0.25, -0.2) is 4.68 Å². The number of aromatic nitrogens is 4. The Labute approximate surface area is 162 Å². The molecule has 1 fully saturated rings. The first-order valence-corrected chi connectivity index (χ1v) is 10.2. The summed E-state index contributed by atoms with van der Waals surface area (Å²) in [5, 5.41) is 15.4. The highest BCUT2D eigenvalue weighted by Crippen LogP contribution is 2.36. The Morgan fingerprint density at radius 1 is 1.44 bits per heavy atom. The second-order valence-corrected chi connectivity index (χ2v) is 7.78. The molecule has 2 aliphatic rings. The Bertz CT molecular complexity index is 836. The fourth-order valence-electron chi connectivity index (χ4n) is 3.11. The highest BCUT2D eigenvalue weighted by atomic mass is 32.2. The Morgan fingerprint density at radius 2 is 2.30 bits per heavy atom. The summed E-state index contributed by atoms with van der Waals surface area (Å²) in [7, 11) is 0. The Hall–Kier alpha value is -2.29. The molecule has 0 saturated heterocycles. The van der Waals surface area contributed by atoms with Gasteiger partial charge < -0.3 is 14.8 Å². The van der Waals surface area contributed by atoms with E-state index in [2.05, 4.69) is 20.8 Å². The maximum absolute atomic E-state index is 12.3. The predicted octanol–water partition coefficient (Wildman–Crippen LogP) is 2.14. The largest absolute Gasteiger partial charge is 0.494 e. The quantitative estimate of drug-likeness (QED) is 0.692. The van der Waals surface area contributed by atoms with Crippen LogP contribution in [0.25, 0.3) is 0 Å². The normalized spacial score (nSPS) is 18.1. The summed E-state index contributed by atoms with van der Waals surface area (Å²) in [6.07, 6.45) is 3.26. The highest BCUT2D eigenvalue weighted by Gasteiger charge is 2.28. The molecule has 1 atom stereocenters. The average Bonchev–Trinajstić information content (AvgIpc) is 3.27. The fraction of sp³-hybridized carbons (Fsp3) is 0.556. The summed E-state index contributed by atoms with van der Waals surface area (Å²) < 4.78 is 13.4. The maximum Gasteiger partial charge on any atom is 0.230 e. The van der Waals surface area contributed by atoms with Crippen LogP contribution in [0.1, 0.15) is 43.9 Å². The van der Waals surface area contributed by atoms with Gasteiger partial charge in [-0.2, -0.15) is 0 Å². The van der Waals surface area contributed by atoms with E-state index in [0.29, 0.717) is 24.3 Å². The third-order valence-corrected chi connectivity index (χ3v) is 5.48. The number of tetrazole rings is 1. The number of fused-ring (bicyclic) bond motifs is 1. The first kappa shape index (κ1) is 18.1. The van der Waals surface area contributed by atoms with E-state index in [0.717, 1.165) is 41.9 Å². The van der Waals surface area contributed by atoms with Gasteiger partial charge in [-0.05, 0) is 49.2 Å². The molecule has 4 rings (SSSR count). The van der Waals surface area contributed by atoms with Gasteiger partial charge in [-0.15, -0.1) is 5.10 Å². The number of amides is 1. The standard InChI is InChI=1S/C18H23N5O3S/c1-3-25-15-7-12-6-11(2)26-16(12)8-13(15)9-19-17(24)10-27-18-20-21-22-23(18)14-4-5-14/h7-8,11,14H,3-6,9-10H2,1-2H3,(H,19,24)/t11-/m0/s1. The van der Waals surface area contributed by atoms with Gasteiger partial charge in [0.25, 0.3) is 0 Å². The topological polar surface area (TPSA) is 91.2 Å². The number of carbonyl (C=O) groups excluding carboxylic acids is 1. The Balaban J connectivity index is 1.35. The van der Waals surface area contributed by atoms with Crippen molar-refractivity contribution in [3.63, 3.8) is 0 Å². The Morgan fingerprint density at radius 3 is 3.07 bits per heavy atom. The first-order chi connectivity index (χ1) is 13.1. The highest BCUT2D eigenvalue weighted by molar-refractivity contribution is 7.99. The fourth-order valence-corrected chi connectivity index (χ4v) is 3.89. The van der Waals surface area contributed by atoms with Crippen molar-refractivity contribution in [2.75, 3.05) is 12.4 Å². The molecule has 1 aromatic heterocycles. The van der Waals surface area contributed by atoms with E-state index in [1.807, 2.05) is 30.7 Å². The van der Waals surface area contributed by atoms with Crippen molar-refractivity contribution in [2.45, 2.75) is 57.0 Å². The van der Waals surface area contributed by atoms with Gasteiger partial charge in [-0.1, -0.05) is 11.8 Å². The molecule has 27 heavy (non-hydrogen) atoms. The van der Waals surface area contributed by atoms with E-state index in [9.17, 15) is 4.79 Å². The molecule has 2 heterocycles. The maximum atomic E-state index is 12.3. The van der Waals surface area contributed by atoms with Gasteiger partial charge in [0.05, 0.1) is 18.4 Å². The molecule has 1 aromatic carbocycles. The van der Waals surface area contributed by atoms with Crippen LogP contribution in [0.5, 0.6) is 11.5 Å². The number of benzene rings is 1. The van der Waals surface area contributed by atoms with Crippen LogP contribution >= 0.6 is 11.8 Å². The van der Waals surface area contributed by atoms with Crippen LogP contribution < -0.4 is 14.8 Å². The molecule has 0 unspecified atom stereocenters. The predicted molar refractivity (Wildman–Crippen MR) is 100 cm³/mol. The van der Waals surface area contributed by atoms with Crippen molar-refractivity contribution in [3.05, 3.63) is 23.3 Å². The van der Waals surface area contributed by atoms with Crippen LogP contribution in [0.15, 0.2) is 17.3 Å². The van der Waals surface area contributed by atoms with Crippen LogP contribution in [0.3, 0.4) is 0 Å². The van der Waals surface area contributed by atoms with Gasteiger partial charge in [0.1, 0.15) is 17.6 Å². The average molecular weight is 389 g/mol. The lowest BCUT2D eigenvalue weighted by Gasteiger charge is -2.13. The molecular weight excluding hydrogens is 366 g/mol. The molecule has 1 N–H and O–H groups in total. The SMILES string of the molecule is CCOc1cc2c(cc1CNC(=O)CSc1nnnn1C1CC1)O[C@@H](C)C2. The molecule has 0 radical (unpaired) electrons. The van der Waals surface area contributed by atoms with E-state index < -0.39 is 0 Å². The van der Waals surface area contributed by atoms with Crippen LogP contribution in [-0.4, -0.2) is 44.6 Å². The van der Waals surface area contributed by atoms with Gasteiger partial charge in [0, 0.05) is 24.1 Å². The molecule has 0 spiro atoms. The van der Waals surface area contributed by atoms with E-state index >= 15 is 0 Å². The van der Waals surface area contributed by atoms with Crippen LogP contribution in [0.2, 0.25) is 0 Å². The van der Waals surface area contributed by atoms with E-state index in [1.54, 1.807) is 0 Å². The Kier molecular flexibility index (Phi) is 5.20. The van der Waals surface area contributed by atoms with Crippen molar-refractivity contribution >= 4 is 17.7 Å². The summed E-state index contributed by atoms with van der Waals surface area (Å²) in [5.41, 5.74) is 2.08. The van der Waals surface area contributed by atoms with Crippen molar-refractivity contribution < 1.29 is 14.3 Å². The summed E-state index contributed by atoms with van der Waals surface area (Å²) >= 11 is 1.36. The lowest BCUT2D eigenvalue weighted by Crippen LogP contribution is -2.25. The molecule has 1 amide bonds. The molecule has 8 nitrogen and oxygen atoms in total. The number of nitrogens with one attached hydrogen (secondary N) is 1. The van der Waals surface area contributed by atoms with E-state index in [1.165, 1.54) is 11.8 Å². The van der Waals surface area contributed by atoms with Crippen molar-refractivity contribution in [3.8, 4) is 11.5 Å². The molecule has 1 saturated carbocycles. The summed E-state index contributed by atoms with van der Waals surface area (Å²) in [6.45, 7) is 4.98. The summed E-state index contributed by atoms with van der Waals surface area (Å²) in [5.74, 6) is 1.89. The van der Waals surface area contributed by atoms with Crippen molar-refractivity contribution in [1.29, 1.82) is 0 Å². The molecule has 2 aromatic rings. The number of hydrogen-bond acceptors (Lipinski definition) is 7. The molecule has 1 aliphatic carbocycles. The minimum Gasteiger partial charge on any atom is -0.494 e. The number of carbonyl (C=O) groups is 1. The van der Waals surface area contributed by atoms with Gasteiger partial charge in [0.15, 0.2) is 0 Å². The van der Waals surface area contributed by atoms with Crippen LogP contribution in [0.4, 0.5) is 0 Å². The van der Waals surface area contributed by atoms with Crippen LogP contribution in [0, 0.1) is 0 Å². The molecule has 1 aliphatic heterocycles. The zero-order valence-electron chi connectivity index (χ0n) is 15.5. The second-order valence-electron chi connectivity index (χ2n) is 6.84. The zero-order valence-corrected chi connectivity index (χ0v) is 16.3. The molecular formula is C18H23N5O3S. The molecule has 0 bridgehead atoms. The van der Waals surface area contributed by atoms with Gasteiger partial charge >= 0.3 is 0 Å². The molecule has 144 valence electrons. The van der Waals surface area contributed by atoms with Crippen molar-refractivity contribution in [2.24, 2.45) is 0 Å². The zero-order chi connectivity index (χ0) is 18.8. The second kappa shape index (κ2) is 7.75. The number of hydrogen-bond donors (Lipinski definition) is 1. The van der Waals surface area contributed by atoms with Gasteiger partial charge in [0.2, 0.25) is 11.1 Å². The third-order valence-electron chi connectivity index (χ3n) is 4.54. The van der Waals surface area contributed by atoms with Crippen molar-refractivity contribution in [1.82, 2.24) is 25.5 Å². The first-order valence-electron chi connectivity index (χ1n) is 9.26. The van der Waals surface area contributed by atoms with Gasteiger partial charge in [-0.3, -0.25) is 4.79 Å². The number of rotatable bonds is 8. The number of thioether (sulfide) groups is 1. The minimum absolute atomic E-state index is 0.0671. The van der Waals surface area contributed by atoms with E-state index in [4.69, 9.17) is 9.47 Å². The number of ether oxygens (including phenoxy) is 2. The lowest BCUT2D eigenvalue weighted by atomic mass is 10.1. The van der Waals surface area contributed by atoms with Crippen LogP contribution in [-0.2, 0) is 17.8 Å². The smallest absolute Gasteiger partial charge is 0.230 e. The number of nitrogens with zero attached hydrogens (tertiary/aromatic N) is 4. The minimum atomic E-state index is -0.0671.